The fraction of sp³-hybridized carbons (Fsp3) is 0.194. The molecule has 7 heteroatoms. The molecule has 5 rings (SSSR count). The summed E-state index contributed by atoms with van der Waals surface area (Å²) >= 11 is 12.8. The van der Waals surface area contributed by atoms with E-state index in [1.807, 2.05) is 67.6 Å². The maximum atomic E-state index is 13.6. The predicted octanol–water partition coefficient (Wildman–Crippen LogP) is 8.10. The monoisotopic (exact) mass is 543 g/mol. The minimum atomic E-state index is -0.364. The van der Waals surface area contributed by atoms with Gasteiger partial charge in [-0.15, -0.1) is 0 Å². The highest BCUT2D eigenvalue weighted by molar-refractivity contribution is 6.35. The Morgan fingerprint density at radius 2 is 1.74 bits per heavy atom. The van der Waals surface area contributed by atoms with Crippen LogP contribution in [-0.4, -0.2) is 28.5 Å². The number of carbonyl (C=O) groups is 1. The Balaban J connectivity index is 1.68. The van der Waals surface area contributed by atoms with Crippen LogP contribution in [0.25, 0.3) is 17.3 Å². The van der Waals surface area contributed by atoms with Gasteiger partial charge in [-0.05, 0) is 85.7 Å². The minimum absolute atomic E-state index is 0.351. The van der Waals surface area contributed by atoms with Crippen molar-refractivity contribution < 1.29 is 9.53 Å². The van der Waals surface area contributed by atoms with E-state index in [9.17, 15) is 4.79 Å². The SMILES string of the molecule is COc1ccc(/C=C2\CCCCc3c(C(=O)/N=C(\C)c4ccccc4)nn(-c4ccc(Cl)cc4Cl)c32)cc1. The van der Waals surface area contributed by atoms with E-state index in [-0.39, 0.29) is 5.91 Å². The number of methoxy groups -OCH3 is 1. The zero-order chi connectivity index (χ0) is 26.6. The summed E-state index contributed by atoms with van der Waals surface area (Å²) in [6.07, 6.45) is 5.65. The third-order valence-electron chi connectivity index (χ3n) is 6.67. The molecule has 0 radical (unpaired) electrons. The number of aliphatic imine (C=N–C) groups is 1. The summed E-state index contributed by atoms with van der Waals surface area (Å²) in [4.78, 5) is 18.0. The van der Waals surface area contributed by atoms with Crippen LogP contribution in [0, 0.1) is 0 Å². The summed E-state index contributed by atoms with van der Waals surface area (Å²) < 4.78 is 7.11. The summed E-state index contributed by atoms with van der Waals surface area (Å²) in [5, 5.41) is 5.82. The lowest BCUT2D eigenvalue weighted by molar-refractivity contribution is 0.0997. The molecule has 0 spiro atoms. The van der Waals surface area contributed by atoms with Crippen molar-refractivity contribution in [2.75, 3.05) is 7.11 Å². The second-order valence-corrected chi connectivity index (χ2v) is 10.0. The van der Waals surface area contributed by atoms with Gasteiger partial charge in [-0.3, -0.25) is 4.79 Å². The molecule has 0 saturated heterocycles. The van der Waals surface area contributed by atoms with Gasteiger partial charge in [0.2, 0.25) is 0 Å². The van der Waals surface area contributed by atoms with Crippen molar-refractivity contribution in [3.8, 4) is 11.4 Å². The number of nitrogens with zero attached hydrogens (tertiary/aromatic N) is 3. The van der Waals surface area contributed by atoms with Crippen LogP contribution in [-0.2, 0) is 6.42 Å². The van der Waals surface area contributed by atoms with Gasteiger partial charge in [0.15, 0.2) is 5.69 Å². The first kappa shape index (κ1) is 26.0. The van der Waals surface area contributed by atoms with Crippen LogP contribution in [0.5, 0.6) is 5.75 Å². The van der Waals surface area contributed by atoms with E-state index in [4.69, 9.17) is 33.0 Å². The van der Waals surface area contributed by atoms with Crippen molar-refractivity contribution in [3.63, 3.8) is 0 Å². The summed E-state index contributed by atoms with van der Waals surface area (Å²) in [6, 6.07) is 22.9. The van der Waals surface area contributed by atoms with E-state index in [1.165, 1.54) is 0 Å². The lowest BCUT2D eigenvalue weighted by atomic mass is 10.0. The number of halogens is 2. The average Bonchev–Trinajstić information content (AvgIpc) is 3.18. The van der Waals surface area contributed by atoms with Gasteiger partial charge in [-0.2, -0.15) is 5.10 Å². The van der Waals surface area contributed by atoms with Gasteiger partial charge in [0, 0.05) is 16.3 Å². The first-order valence-electron chi connectivity index (χ1n) is 12.5. The number of allylic oxidation sites excluding steroid dienone is 1. The van der Waals surface area contributed by atoms with Crippen molar-refractivity contribution in [2.24, 2.45) is 4.99 Å². The van der Waals surface area contributed by atoms with Crippen molar-refractivity contribution in [3.05, 3.63) is 111 Å². The van der Waals surface area contributed by atoms with Crippen LogP contribution in [0.15, 0.2) is 77.8 Å². The molecule has 0 bridgehead atoms. The van der Waals surface area contributed by atoms with Gasteiger partial charge in [0.25, 0.3) is 5.91 Å². The minimum Gasteiger partial charge on any atom is -0.497 e. The Kier molecular flexibility index (Phi) is 7.77. The lowest BCUT2D eigenvalue weighted by Gasteiger charge is -2.13. The van der Waals surface area contributed by atoms with Gasteiger partial charge in [0.1, 0.15) is 5.75 Å². The molecule has 5 nitrogen and oxygen atoms in total. The Bertz CT molecular complexity index is 1540. The molecule has 1 aromatic heterocycles. The number of hydrogen-bond donors (Lipinski definition) is 0. The second-order valence-electron chi connectivity index (χ2n) is 9.20. The molecule has 0 unspecified atom stereocenters. The van der Waals surface area contributed by atoms with Crippen molar-refractivity contribution in [2.45, 2.75) is 32.6 Å². The van der Waals surface area contributed by atoms with Gasteiger partial charge >= 0.3 is 0 Å². The van der Waals surface area contributed by atoms with E-state index in [1.54, 1.807) is 23.9 Å². The third kappa shape index (κ3) is 5.45. The molecule has 38 heavy (non-hydrogen) atoms. The molecule has 3 aromatic carbocycles. The first-order valence-corrected chi connectivity index (χ1v) is 13.3. The smallest absolute Gasteiger partial charge is 0.298 e. The van der Waals surface area contributed by atoms with E-state index < -0.39 is 0 Å². The molecule has 0 atom stereocenters. The average molecular weight is 544 g/mol. The molecule has 4 aromatic rings. The van der Waals surface area contributed by atoms with Gasteiger partial charge in [0.05, 0.1) is 23.5 Å². The number of carbonyl (C=O) groups excluding carboxylic acids is 1. The molecule has 1 aliphatic rings. The largest absolute Gasteiger partial charge is 0.497 e. The molecule has 192 valence electrons. The third-order valence-corrected chi connectivity index (χ3v) is 7.21. The number of aromatic nitrogens is 2. The van der Waals surface area contributed by atoms with Gasteiger partial charge < -0.3 is 4.74 Å². The van der Waals surface area contributed by atoms with E-state index in [2.05, 4.69) is 11.1 Å². The van der Waals surface area contributed by atoms with Crippen molar-refractivity contribution in [1.29, 1.82) is 0 Å². The van der Waals surface area contributed by atoms with Crippen molar-refractivity contribution >= 4 is 46.5 Å². The number of amides is 1. The summed E-state index contributed by atoms with van der Waals surface area (Å²) in [7, 11) is 1.65. The fourth-order valence-electron chi connectivity index (χ4n) is 4.74. The van der Waals surface area contributed by atoms with Crippen LogP contribution >= 0.6 is 23.2 Å². The predicted molar refractivity (Wildman–Crippen MR) is 155 cm³/mol. The molecule has 0 N–H and O–H groups in total. The molecule has 1 aliphatic carbocycles. The first-order chi connectivity index (χ1) is 18.4. The Hall–Kier alpha value is -3.67. The fourth-order valence-corrected chi connectivity index (χ4v) is 5.23. The lowest BCUT2D eigenvalue weighted by Crippen LogP contribution is -2.06. The Labute approximate surface area is 232 Å². The van der Waals surface area contributed by atoms with Gasteiger partial charge in [-0.25, -0.2) is 9.67 Å². The molecule has 0 fully saturated rings. The molecule has 1 heterocycles. The highest BCUT2D eigenvalue weighted by atomic mass is 35.5. The van der Waals surface area contributed by atoms with E-state index >= 15 is 0 Å². The molecule has 0 saturated carbocycles. The van der Waals surface area contributed by atoms with E-state index in [0.717, 1.165) is 59.4 Å². The van der Waals surface area contributed by atoms with Crippen LogP contribution in [0.4, 0.5) is 0 Å². The topological polar surface area (TPSA) is 56.5 Å². The number of fused-ring (bicyclic) bond motifs is 1. The number of ether oxygens (including phenoxy) is 1. The molecular formula is C31H27Cl2N3O2. The summed E-state index contributed by atoms with van der Waals surface area (Å²) in [5.74, 6) is 0.434. The van der Waals surface area contributed by atoms with Crippen LogP contribution < -0.4 is 4.74 Å². The van der Waals surface area contributed by atoms with Gasteiger partial charge in [-0.1, -0.05) is 65.7 Å². The highest BCUT2D eigenvalue weighted by Crippen LogP contribution is 2.37. The molecule has 0 aliphatic heterocycles. The molecule has 1 amide bonds. The zero-order valence-electron chi connectivity index (χ0n) is 21.2. The van der Waals surface area contributed by atoms with Crippen LogP contribution in [0.1, 0.15) is 59.1 Å². The normalized spacial score (nSPS) is 14.7. The van der Waals surface area contributed by atoms with E-state index in [0.29, 0.717) is 27.1 Å². The number of benzene rings is 3. The van der Waals surface area contributed by atoms with Crippen LogP contribution in [0.2, 0.25) is 10.0 Å². The quantitative estimate of drug-likeness (QED) is 0.188. The van der Waals surface area contributed by atoms with Crippen molar-refractivity contribution in [1.82, 2.24) is 9.78 Å². The second kappa shape index (κ2) is 11.4. The summed E-state index contributed by atoms with van der Waals surface area (Å²) in [6.45, 7) is 1.84. The standard InChI is InChI=1S/C31H27Cl2N3O2/c1-20(22-8-4-3-5-9-22)34-31(37)29-26-11-7-6-10-23(18-21-12-15-25(38-2)16-13-21)30(26)36(35-29)28-17-14-24(32)19-27(28)33/h3-5,8-9,12-19H,6-7,10-11H2,1-2H3/b23-18+,34-20+. The highest BCUT2D eigenvalue weighted by Gasteiger charge is 2.28. The molecular weight excluding hydrogens is 517 g/mol. The van der Waals surface area contributed by atoms with Crippen LogP contribution in [0.3, 0.4) is 0 Å². The number of hydrogen-bond acceptors (Lipinski definition) is 3. The number of rotatable bonds is 5. The maximum Gasteiger partial charge on any atom is 0.298 e. The zero-order valence-corrected chi connectivity index (χ0v) is 22.8. The summed E-state index contributed by atoms with van der Waals surface area (Å²) in [5.41, 5.74) is 6.46. The Morgan fingerprint density at radius 1 is 1.00 bits per heavy atom. The maximum absolute atomic E-state index is 13.6. The Morgan fingerprint density at radius 3 is 2.45 bits per heavy atom.